The van der Waals surface area contributed by atoms with E-state index in [1.54, 1.807) is 12.1 Å². The minimum Gasteiger partial charge on any atom is -0.269 e. The molecule has 0 N–H and O–H groups in total. The SMILES string of the molecule is C[C@@H](C(=O)F)N1C(=O)c2cc3ccccc3cc2C1=O. The smallest absolute Gasteiger partial charge is 0.269 e. The van der Waals surface area contributed by atoms with Crippen molar-refractivity contribution in [3.8, 4) is 0 Å². The topological polar surface area (TPSA) is 54.5 Å². The van der Waals surface area contributed by atoms with Crippen LogP contribution >= 0.6 is 0 Å². The molecule has 0 aromatic heterocycles. The van der Waals surface area contributed by atoms with Gasteiger partial charge < -0.3 is 0 Å². The van der Waals surface area contributed by atoms with Crippen LogP contribution in [0.3, 0.4) is 0 Å². The largest absolute Gasteiger partial charge is 0.324 e. The molecule has 2 aromatic carbocycles. The fraction of sp³-hybridized carbons (Fsp3) is 0.133. The van der Waals surface area contributed by atoms with E-state index in [4.69, 9.17) is 0 Å². The van der Waals surface area contributed by atoms with E-state index in [1.165, 1.54) is 6.92 Å². The normalized spacial score (nSPS) is 15.6. The van der Waals surface area contributed by atoms with E-state index in [0.717, 1.165) is 10.8 Å². The van der Waals surface area contributed by atoms with Gasteiger partial charge >= 0.3 is 6.04 Å². The van der Waals surface area contributed by atoms with Crippen LogP contribution in [0, 0.1) is 0 Å². The van der Waals surface area contributed by atoms with Crippen LogP contribution in [0.25, 0.3) is 10.8 Å². The van der Waals surface area contributed by atoms with Crippen LogP contribution < -0.4 is 0 Å². The Morgan fingerprint density at radius 3 is 1.90 bits per heavy atom. The van der Waals surface area contributed by atoms with E-state index in [1.807, 2.05) is 24.3 Å². The molecule has 1 atom stereocenters. The van der Waals surface area contributed by atoms with Crippen LogP contribution in [0.2, 0.25) is 0 Å². The summed E-state index contributed by atoms with van der Waals surface area (Å²) in [6.07, 6.45) is 0. The zero-order chi connectivity index (χ0) is 14.4. The number of fused-ring (bicyclic) bond motifs is 2. The first-order valence-corrected chi connectivity index (χ1v) is 6.10. The number of imide groups is 1. The fourth-order valence-corrected chi connectivity index (χ4v) is 2.40. The first-order chi connectivity index (χ1) is 9.50. The summed E-state index contributed by atoms with van der Waals surface area (Å²) < 4.78 is 12.8. The molecule has 0 unspecified atom stereocenters. The monoisotopic (exact) mass is 271 g/mol. The summed E-state index contributed by atoms with van der Waals surface area (Å²) in [5.41, 5.74) is 0.420. The van der Waals surface area contributed by atoms with Gasteiger partial charge in [-0.1, -0.05) is 24.3 Å². The molecule has 0 radical (unpaired) electrons. The molecular formula is C15H10FNO3. The Morgan fingerprint density at radius 1 is 1.05 bits per heavy atom. The molecular weight excluding hydrogens is 261 g/mol. The van der Waals surface area contributed by atoms with Crippen molar-refractivity contribution in [2.75, 3.05) is 0 Å². The van der Waals surface area contributed by atoms with Crippen LogP contribution in [0.15, 0.2) is 36.4 Å². The standard InChI is InChI=1S/C15H10FNO3/c1-8(13(16)18)17-14(19)11-6-9-4-2-3-5-10(9)7-12(11)15(17)20/h2-8H,1H3/t8-/m0/s1. The first-order valence-electron chi connectivity index (χ1n) is 6.10. The number of hydrogen-bond donors (Lipinski definition) is 0. The van der Waals surface area contributed by atoms with Gasteiger partial charge in [-0.2, -0.15) is 4.39 Å². The number of nitrogens with zero attached hydrogens (tertiary/aromatic N) is 1. The van der Waals surface area contributed by atoms with Crippen LogP contribution in [0.4, 0.5) is 4.39 Å². The van der Waals surface area contributed by atoms with Crippen molar-refractivity contribution in [1.82, 2.24) is 4.90 Å². The zero-order valence-electron chi connectivity index (χ0n) is 10.6. The van der Waals surface area contributed by atoms with Gasteiger partial charge in [0.2, 0.25) is 0 Å². The predicted molar refractivity (Wildman–Crippen MR) is 70.0 cm³/mol. The first kappa shape index (κ1) is 12.5. The summed E-state index contributed by atoms with van der Waals surface area (Å²) in [5, 5.41) is 1.63. The number of carbonyl (C=O) groups excluding carboxylic acids is 3. The zero-order valence-corrected chi connectivity index (χ0v) is 10.6. The maximum absolute atomic E-state index is 12.8. The summed E-state index contributed by atoms with van der Waals surface area (Å²) in [7, 11) is 0. The van der Waals surface area contributed by atoms with Crippen LogP contribution in [0.1, 0.15) is 27.6 Å². The number of benzene rings is 2. The summed E-state index contributed by atoms with van der Waals surface area (Å²) in [5.74, 6) is -1.26. The Labute approximate surface area is 113 Å². The van der Waals surface area contributed by atoms with Gasteiger partial charge in [-0.05, 0) is 29.8 Å². The van der Waals surface area contributed by atoms with E-state index in [0.29, 0.717) is 4.90 Å². The second kappa shape index (κ2) is 4.23. The lowest BCUT2D eigenvalue weighted by atomic mass is 10.0. The lowest BCUT2D eigenvalue weighted by molar-refractivity contribution is -0.132. The second-order valence-electron chi connectivity index (χ2n) is 4.71. The Morgan fingerprint density at radius 2 is 1.50 bits per heavy atom. The van der Waals surface area contributed by atoms with E-state index >= 15 is 0 Å². The molecule has 2 amide bonds. The molecule has 0 fully saturated rings. The summed E-state index contributed by atoms with van der Waals surface area (Å²) >= 11 is 0. The average Bonchev–Trinajstić information content (AvgIpc) is 2.67. The predicted octanol–water partition coefficient (Wildman–Crippen LogP) is 2.32. The van der Waals surface area contributed by atoms with Crippen molar-refractivity contribution < 1.29 is 18.8 Å². The highest BCUT2D eigenvalue weighted by Gasteiger charge is 2.41. The second-order valence-corrected chi connectivity index (χ2v) is 4.71. The summed E-state index contributed by atoms with van der Waals surface area (Å²) in [4.78, 5) is 35.8. The van der Waals surface area contributed by atoms with Gasteiger partial charge in [-0.3, -0.25) is 19.3 Å². The number of amides is 2. The highest BCUT2D eigenvalue weighted by atomic mass is 19.1. The third kappa shape index (κ3) is 1.63. The van der Waals surface area contributed by atoms with E-state index in [-0.39, 0.29) is 11.1 Å². The lowest BCUT2D eigenvalue weighted by Gasteiger charge is -2.17. The Bertz CT molecular complexity index is 714. The molecule has 1 heterocycles. The van der Waals surface area contributed by atoms with Gasteiger partial charge in [0.1, 0.15) is 6.04 Å². The van der Waals surface area contributed by atoms with Crippen LogP contribution in [-0.2, 0) is 4.79 Å². The maximum atomic E-state index is 12.8. The molecule has 1 aliphatic rings. The quantitative estimate of drug-likeness (QED) is 0.622. The fourth-order valence-electron chi connectivity index (χ4n) is 2.40. The van der Waals surface area contributed by atoms with Gasteiger partial charge in [0, 0.05) is 0 Å². The van der Waals surface area contributed by atoms with Crippen molar-refractivity contribution in [2.24, 2.45) is 0 Å². The highest BCUT2D eigenvalue weighted by molar-refractivity contribution is 6.24. The van der Waals surface area contributed by atoms with Gasteiger partial charge in [0.05, 0.1) is 11.1 Å². The minimum atomic E-state index is -1.70. The van der Waals surface area contributed by atoms with E-state index < -0.39 is 23.9 Å². The molecule has 0 aliphatic carbocycles. The Balaban J connectivity index is 2.18. The molecule has 0 saturated heterocycles. The molecule has 0 spiro atoms. The molecule has 3 rings (SSSR count). The van der Waals surface area contributed by atoms with Crippen molar-refractivity contribution in [3.05, 3.63) is 47.5 Å². The van der Waals surface area contributed by atoms with Gasteiger partial charge in [0.15, 0.2) is 0 Å². The third-order valence-electron chi connectivity index (χ3n) is 3.50. The maximum Gasteiger partial charge on any atom is 0.324 e. The van der Waals surface area contributed by atoms with Crippen molar-refractivity contribution in [3.63, 3.8) is 0 Å². The molecule has 20 heavy (non-hydrogen) atoms. The molecule has 2 aromatic rings. The van der Waals surface area contributed by atoms with E-state index in [2.05, 4.69) is 0 Å². The number of rotatable bonds is 2. The van der Waals surface area contributed by atoms with Crippen LogP contribution in [-0.4, -0.2) is 28.8 Å². The van der Waals surface area contributed by atoms with Crippen molar-refractivity contribution >= 4 is 28.6 Å². The number of halogens is 1. The Hall–Kier alpha value is -2.56. The highest BCUT2D eigenvalue weighted by Crippen LogP contribution is 2.29. The molecule has 0 saturated carbocycles. The Kier molecular flexibility index (Phi) is 2.64. The molecule has 5 heteroatoms. The van der Waals surface area contributed by atoms with Gasteiger partial charge in [0.25, 0.3) is 11.8 Å². The van der Waals surface area contributed by atoms with Gasteiger partial charge in [-0.15, -0.1) is 0 Å². The average molecular weight is 271 g/mol. The van der Waals surface area contributed by atoms with Crippen molar-refractivity contribution in [2.45, 2.75) is 13.0 Å². The molecule has 0 bridgehead atoms. The van der Waals surface area contributed by atoms with E-state index in [9.17, 15) is 18.8 Å². The molecule has 4 nitrogen and oxygen atoms in total. The minimum absolute atomic E-state index is 0.210. The van der Waals surface area contributed by atoms with Crippen molar-refractivity contribution in [1.29, 1.82) is 0 Å². The number of carbonyl (C=O) groups is 3. The van der Waals surface area contributed by atoms with Crippen LogP contribution in [0.5, 0.6) is 0 Å². The van der Waals surface area contributed by atoms with Gasteiger partial charge in [-0.25, -0.2) is 0 Å². The summed E-state index contributed by atoms with van der Waals surface area (Å²) in [6.45, 7) is 1.20. The lowest BCUT2D eigenvalue weighted by Crippen LogP contribution is -2.41. The molecule has 1 aliphatic heterocycles. The number of hydrogen-bond acceptors (Lipinski definition) is 3. The third-order valence-corrected chi connectivity index (χ3v) is 3.50. The molecule has 100 valence electrons. The summed E-state index contributed by atoms with van der Waals surface area (Å²) in [6, 6.07) is 7.37.